The number of nitrogens with one attached hydrogen (secondary N) is 1. The molecule has 0 saturated carbocycles. The minimum absolute atomic E-state index is 0. The summed E-state index contributed by atoms with van der Waals surface area (Å²) < 4.78 is 16.3. The topological polar surface area (TPSA) is 138 Å². The number of anilines is 1. The van der Waals surface area contributed by atoms with Crippen LogP contribution in [0.25, 0.3) is 0 Å². The van der Waals surface area contributed by atoms with E-state index in [4.69, 9.17) is 25.7 Å². The highest BCUT2D eigenvalue weighted by Gasteiger charge is 2.25. The van der Waals surface area contributed by atoms with Crippen molar-refractivity contribution < 1.29 is 23.8 Å². The highest BCUT2D eigenvalue weighted by molar-refractivity contribution is 6.12. The van der Waals surface area contributed by atoms with E-state index in [1.165, 1.54) is 33.0 Å². The standard InChI is InChI=1S/C32H32N4O5.ClH/c1-19-10-15-23(35-30(33)27-24(31(34)37)18-26(39-2)28(40-3)29(27)41-4)17-25(19)36-32(38)22-13-11-21(12-14-22)16-20-8-6-5-7-9-20;/h5-15,17-18H,16H2,1-4H3,(H2,33,35)(H2,34,37)(H,36,38);1H. The number of aliphatic imine (C=N–C) groups is 1. The Hall–Kier alpha value is -5.02. The second-order valence-corrected chi connectivity index (χ2v) is 9.24. The van der Waals surface area contributed by atoms with Crippen LogP contribution >= 0.6 is 12.4 Å². The van der Waals surface area contributed by atoms with Crippen molar-refractivity contribution in [2.45, 2.75) is 13.3 Å². The fourth-order valence-corrected chi connectivity index (χ4v) is 4.41. The van der Waals surface area contributed by atoms with Gasteiger partial charge in [-0.25, -0.2) is 4.99 Å². The van der Waals surface area contributed by atoms with Gasteiger partial charge in [-0.3, -0.25) is 9.59 Å². The van der Waals surface area contributed by atoms with Crippen LogP contribution in [0.1, 0.15) is 43.0 Å². The molecule has 0 aromatic heterocycles. The maximum absolute atomic E-state index is 13.1. The number of rotatable bonds is 10. The van der Waals surface area contributed by atoms with E-state index in [0.29, 0.717) is 16.9 Å². The number of primary amides is 1. The predicted molar refractivity (Wildman–Crippen MR) is 167 cm³/mol. The summed E-state index contributed by atoms with van der Waals surface area (Å²) in [6.07, 6.45) is 0.783. The minimum Gasteiger partial charge on any atom is -0.493 e. The third-order valence-electron chi connectivity index (χ3n) is 6.54. The molecular formula is C32H33ClN4O5. The second-order valence-electron chi connectivity index (χ2n) is 9.24. The third kappa shape index (κ3) is 7.00. The first kappa shape index (κ1) is 31.5. The van der Waals surface area contributed by atoms with Gasteiger partial charge in [0.1, 0.15) is 5.84 Å². The first-order chi connectivity index (χ1) is 19.7. The van der Waals surface area contributed by atoms with Crippen LogP contribution in [0, 0.1) is 6.92 Å². The summed E-state index contributed by atoms with van der Waals surface area (Å²) in [6, 6.07) is 24.3. The largest absolute Gasteiger partial charge is 0.493 e. The molecule has 42 heavy (non-hydrogen) atoms. The Morgan fingerprint density at radius 1 is 0.810 bits per heavy atom. The van der Waals surface area contributed by atoms with Crippen LogP contribution < -0.4 is 31.0 Å². The van der Waals surface area contributed by atoms with Crippen molar-refractivity contribution in [3.8, 4) is 17.2 Å². The molecule has 5 N–H and O–H groups in total. The number of nitrogens with two attached hydrogens (primary N) is 2. The molecule has 218 valence electrons. The Bertz CT molecular complexity index is 1610. The van der Waals surface area contributed by atoms with Crippen LogP contribution in [0.2, 0.25) is 0 Å². The van der Waals surface area contributed by atoms with Crippen molar-refractivity contribution in [2.75, 3.05) is 26.6 Å². The van der Waals surface area contributed by atoms with Crippen LogP contribution in [0.5, 0.6) is 17.2 Å². The number of ether oxygens (including phenoxy) is 3. The van der Waals surface area contributed by atoms with Crippen LogP contribution in [0.15, 0.2) is 83.9 Å². The molecule has 4 aromatic carbocycles. The predicted octanol–water partition coefficient (Wildman–Crippen LogP) is 5.42. The summed E-state index contributed by atoms with van der Waals surface area (Å²) >= 11 is 0. The van der Waals surface area contributed by atoms with E-state index in [9.17, 15) is 9.59 Å². The van der Waals surface area contributed by atoms with Gasteiger partial charge in [0.25, 0.3) is 5.91 Å². The Morgan fingerprint density at radius 2 is 1.45 bits per heavy atom. The van der Waals surface area contributed by atoms with Gasteiger partial charge in [0.15, 0.2) is 11.5 Å². The summed E-state index contributed by atoms with van der Waals surface area (Å²) in [6.45, 7) is 1.87. The molecule has 0 saturated heterocycles. The highest BCUT2D eigenvalue weighted by atomic mass is 35.5. The van der Waals surface area contributed by atoms with E-state index in [2.05, 4.69) is 22.4 Å². The van der Waals surface area contributed by atoms with Gasteiger partial charge in [0.05, 0.1) is 38.1 Å². The number of aryl methyl sites for hydroxylation is 1. The van der Waals surface area contributed by atoms with Crippen LogP contribution in [0.3, 0.4) is 0 Å². The van der Waals surface area contributed by atoms with E-state index >= 15 is 0 Å². The Kier molecular flexibility index (Phi) is 10.5. The lowest BCUT2D eigenvalue weighted by atomic mass is 10.0. The minimum atomic E-state index is -0.746. The van der Waals surface area contributed by atoms with E-state index in [1.807, 2.05) is 43.3 Å². The molecule has 9 nitrogen and oxygen atoms in total. The lowest BCUT2D eigenvalue weighted by Crippen LogP contribution is -2.23. The van der Waals surface area contributed by atoms with Gasteiger partial charge in [-0.05, 0) is 60.4 Å². The van der Waals surface area contributed by atoms with Crippen molar-refractivity contribution in [3.63, 3.8) is 0 Å². The molecule has 0 bridgehead atoms. The number of hydrogen-bond acceptors (Lipinski definition) is 6. The number of amides is 2. The molecule has 10 heteroatoms. The molecule has 2 amide bonds. The number of benzene rings is 4. The van der Waals surface area contributed by atoms with E-state index < -0.39 is 5.91 Å². The van der Waals surface area contributed by atoms with Gasteiger partial charge in [0, 0.05) is 11.3 Å². The molecule has 0 radical (unpaired) electrons. The first-order valence-corrected chi connectivity index (χ1v) is 12.8. The smallest absolute Gasteiger partial charge is 0.255 e. The van der Waals surface area contributed by atoms with Gasteiger partial charge in [-0.1, -0.05) is 48.5 Å². The van der Waals surface area contributed by atoms with E-state index in [0.717, 1.165) is 17.5 Å². The fraction of sp³-hybridized carbons (Fsp3) is 0.156. The van der Waals surface area contributed by atoms with Crippen molar-refractivity contribution in [1.82, 2.24) is 0 Å². The molecule has 4 rings (SSSR count). The van der Waals surface area contributed by atoms with Gasteiger partial charge < -0.3 is 31.0 Å². The molecule has 0 aliphatic rings. The number of amidine groups is 1. The van der Waals surface area contributed by atoms with Crippen molar-refractivity contribution >= 4 is 41.4 Å². The van der Waals surface area contributed by atoms with Crippen LogP contribution in [-0.4, -0.2) is 39.0 Å². The summed E-state index contributed by atoms with van der Waals surface area (Å²) in [5.74, 6) is -0.400. The number of carbonyl (C=O) groups is 2. The lowest BCUT2D eigenvalue weighted by Gasteiger charge is -2.18. The Morgan fingerprint density at radius 3 is 2.05 bits per heavy atom. The normalized spacial score (nSPS) is 10.8. The van der Waals surface area contributed by atoms with Gasteiger partial charge >= 0.3 is 0 Å². The van der Waals surface area contributed by atoms with Crippen LogP contribution in [0.4, 0.5) is 11.4 Å². The number of halogens is 1. The zero-order chi connectivity index (χ0) is 29.5. The summed E-state index contributed by atoms with van der Waals surface area (Å²) in [4.78, 5) is 29.9. The molecule has 0 heterocycles. The molecule has 0 fully saturated rings. The second kappa shape index (κ2) is 14.0. The quantitative estimate of drug-likeness (QED) is 0.167. The monoisotopic (exact) mass is 588 g/mol. The number of nitrogens with zero attached hydrogens (tertiary/aromatic N) is 1. The summed E-state index contributed by atoms with van der Waals surface area (Å²) in [7, 11) is 4.28. The number of methoxy groups -OCH3 is 3. The van der Waals surface area contributed by atoms with Crippen LogP contribution in [-0.2, 0) is 6.42 Å². The maximum Gasteiger partial charge on any atom is 0.255 e. The maximum atomic E-state index is 13.1. The lowest BCUT2D eigenvalue weighted by molar-refractivity contribution is 0.0996. The number of hydrogen-bond donors (Lipinski definition) is 3. The molecule has 0 aliphatic carbocycles. The first-order valence-electron chi connectivity index (χ1n) is 12.8. The molecular weight excluding hydrogens is 556 g/mol. The summed E-state index contributed by atoms with van der Waals surface area (Å²) in [5.41, 5.74) is 16.9. The molecule has 0 aliphatic heterocycles. The highest BCUT2D eigenvalue weighted by Crippen LogP contribution is 2.42. The van der Waals surface area contributed by atoms with E-state index in [1.54, 1.807) is 24.3 Å². The van der Waals surface area contributed by atoms with Crippen molar-refractivity contribution in [1.29, 1.82) is 0 Å². The van der Waals surface area contributed by atoms with Crippen molar-refractivity contribution in [3.05, 3.63) is 112 Å². The molecule has 4 aromatic rings. The third-order valence-corrected chi connectivity index (χ3v) is 6.54. The van der Waals surface area contributed by atoms with Gasteiger partial charge in [0.2, 0.25) is 11.7 Å². The van der Waals surface area contributed by atoms with Gasteiger partial charge in [-0.15, -0.1) is 12.4 Å². The number of carbonyl (C=O) groups excluding carboxylic acids is 2. The molecule has 0 atom stereocenters. The fourth-order valence-electron chi connectivity index (χ4n) is 4.41. The molecule has 0 spiro atoms. The average molecular weight is 589 g/mol. The SMILES string of the molecule is COc1cc(C(N)=O)c(C(N)=Nc2ccc(C)c(NC(=O)c3ccc(Cc4ccccc4)cc3)c2)c(OC)c1OC.Cl. The Balaban J connectivity index is 0.00000484. The van der Waals surface area contributed by atoms with E-state index in [-0.39, 0.29) is 52.5 Å². The van der Waals surface area contributed by atoms with Gasteiger partial charge in [-0.2, -0.15) is 0 Å². The zero-order valence-electron chi connectivity index (χ0n) is 23.8. The summed E-state index contributed by atoms with van der Waals surface area (Å²) in [5, 5.41) is 2.95. The average Bonchev–Trinajstić information content (AvgIpc) is 2.98. The van der Waals surface area contributed by atoms with Crippen molar-refractivity contribution in [2.24, 2.45) is 16.5 Å². The molecule has 0 unspecified atom stereocenters. The zero-order valence-corrected chi connectivity index (χ0v) is 24.6. The Labute approximate surface area is 250 Å².